The minimum absolute atomic E-state index is 0.0106. The molecule has 0 spiro atoms. The molecule has 1 heterocycles. The summed E-state index contributed by atoms with van der Waals surface area (Å²) in [4.78, 5) is 33.2. The highest BCUT2D eigenvalue weighted by molar-refractivity contribution is 5.82. The predicted octanol–water partition coefficient (Wildman–Crippen LogP) is 2.16. The molecular weight excluding hydrogens is 344 g/mol. The molecule has 7 heteroatoms. The van der Waals surface area contributed by atoms with E-state index >= 15 is 0 Å². The van der Waals surface area contributed by atoms with E-state index in [9.17, 15) is 14.7 Å². The average Bonchev–Trinajstić information content (AvgIpc) is 2.65. The van der Waals surface area contributed by atoms with Gasteiger partial charge in [-0.1, -0.05) is 32.0 Å². The Bertz CT molecular complexity index is 867. The zero-order valence-corrected chi connectivity index (χ0v) is 16.2. The molecule has 2 aromatic rings. The first-order chi connectivity index (χ1) is 13.0. The van der Waals surface area contributed by atoms with Crippen LogP contribution in [0.1, 0.15) is 39.2 Å². The van der Waals surface area contributed by atoms with Crippen molar-refractivity contribution >= 4 is 6.21 Å². The second-order valence-electron chi connectivity index (χ2n) is 6.46. The molecule has 0 radical (unpaired) electrons. The van der Waals surface area contributed by atoms with E-state index in [1.807, 2.05) is 6.92 Å². The highest BCUT2D eigenvalue weighted by Gasteiger charge is 2.14. The molecule has 0 fully saturated rings. The van der Waals surface area contributed by atoms with Crippen LogP contribution in [0, 0.1) is 0 Å². The molecule has 2 N–H and O–H groups in total. The van der Waals surface area contributed by atoms with Crippen molar-refractivity contribution < 1.29 is 5.11 Å². The van der Waals surface area contributed by atoms with Gasteiger partial charge in [-0.2, -0.15) is 0 Å². The van der Waals surface area contributed by atoms with Gasteiger partial charge < -0.3 is 10.0 Å². The Morgan fingerprint density at radius 3 is 2.52 bits per heavy atom. The number of nitrogens with one attached hydrogen (secondary N) is 1. The maximum atomic E-state index is 12.1. The fourth-order valence-electron chi connectivity index (χ4n) is 2.90. The first-order valence-electron chi connectivity index (χ1n) is 9.37. The maximum absolute atomic E-state index is 12.1. The van der Waals surface area contributed by atoms with Crippen molar-refractivity contribution in [3.8, 4) is 11.6 Å². The number of aromatic amines is 1. The fourth-order valence-corrected chi connectivity index (χ4v) is 2.90. The standard InChI is InChI=1S/C20H28N4O3/c1-4-23(5-2)13-9-10-15(3)21-14-17-18(25)22-20(27)24(19(17)26)16-11-7-6-8-12-16/h6-8,11-12,14-15,26H,4-5,9-10,13H2,1-3H3,(H,22,25,27)/t15-/m0/s1. The first kappa shape index (κ1) is 20.6. The number of aromatic nitrogens is 2. The van der Waals surface area contributed by atoms with E-state index in [0.717, 1.165) is 37.0 Å². The van der Waals surface area contributed by atoms with Crippen molar-refractivity contribution in [3.05, 3.63) is 56.7 Å². The van der Waals surface area contributed by atoms with Crippen LogP contribution < -0.4 is 11.2 Å². The Balaban J connectivity index is 2.18. The van der Waals surface area contributed by atoms with E-state index in [1.165, 1.54) is 6.21 Å². The van der Waals surface area contributed by atoms with Crippen LogP contribution in [0.25, 0.3) is 5.69 Å². The van der Waals surface area contributed by atoms with Gasteiger partial charge in [0.2, 0.25) is 5.88 Å². The Labute approximate surface area is 159 Å². The van der Waals surface area contributed by atoms with Gasteiger partial charge in [0.05, 0.1) is 5.69 Å². The highest BCUT2D eigenvalue weighted by atomic mass is 16.3. The number of hydrogen-bond donors (Lipinski definition) is 2. The average molecular weight is 372 g/mol. The normalized spacial score (nSPS) is 12.7. The van der Waals surface area contributed by atoms with Gasteiger partial charge in [0.25, 0.3) is 5.56 Å². The molecule has 7 nitrogen and oxygen atoms in total. The lowest BCUT2D eigenvalue weighted by molar-refractivity contribution is 0.294. The van der Waals surface area contributed by atoms with Crippen molar-refractivity contribution in [1.29, 1.82) is 0 Å². The lowest BCUT2D eigenvalue weighted by Crippen LogP contribution is -2.31. The smallest absolute Gasteiger partial charge is 0.335 e. The second kappa shape index (κ2) is 9.87. The monoisotopic (exact) mass is 372 g/mol. The lowest BCUT2D eigenvalue weighted by atomic mass is 10.2. The van der Waals surface area contributed by atoms with Crippen molar-refractivity contribution in [2.75, 3.05) is 19.6 Å². The van der Waals surface area contributed by atoms with Crippen LogP contribution in [0.5, 0.6) is 5.88 Å². The number of aromatic hydroxyl groups is 1. The molecular formula is C20H28N4O3. The molecule has 0 bridgehead atoms. The van der Waals surface area contributed by atoms with E-state index in [-0.39, 0.29) is 11.6 Å². The highest BCUT2D eigenvalue weighted by Crippen LogP contribution is 2.15. The molecule has 0 saturated carbocycles. The van der Waals surface area contributed by atoms with Gasteiger partial charge in [-0.15, -0.1) is 0 Å². The van der Waals surface area contributed by atoms with Crippen LogP contribution in [0.15, 0.2) is 44.9 Å². The summed E-state index contributed by atoms with van der Waals surface area (Å²) in [7, 11) is 0. The summed E-state index contributed by atoms with van der Waals surface area (Å²) in [5.41, 5.74) is -0.885. The van der Waals surface area contributed by atoms with Crippen LogP contribution in [-0.2, 0) is 0 Å². The van der Waals surface area contributed by atoms with Crippen molar-refractivity contribution in [3.63, 3.8) is 0 Å². The molecule has 146 valence electrons. The molecule has 27 heavy (non-hydrogen) atoms. The molecule has 0 aliphatic carbocycles. The molecule has 0 unspecified atom stereocenters. The minimum Gasteiger partial charge on any atom is -0.493 e. The van der Waals surface area contributed by atoms with Crippen LogP contribution >= 0.6 is 0 Å². The van der Waals surface area contributed by atoms with Gasteiger partial charge in [-0.05, 0) is 51.5 Å². The predicted molar refractivity (Wildman–Crippen MR) is 108 cm³/mol. The summed E-state index contributed by atoms with van der Waals surface area (Å²) >= 11 is 0. The third-order valence-corrected chi connectivity index (χ3v) is 4.58. The van der Waals surface area contributed by atoms with Crippen LogP contribution in [-0.4, -0.2) is 51.4 Å². The lowest BCUT2D eigenvalue weighted by Gasteiger charge is -2.18. The number of rotatable bonds is 9. The third-order valence-electron chi connectivity index (χ3n) is 4.58. The SMILES string of the molecule is CCN(CC)CCC[C@H](C)N=Cc1c(O)n(-c2ccccc2)c(=O)[nH]c1=O. The molecule has 0 aliphatic heterocycles. The zero-order valence-electron chi connectivity index (χ0n) is 16.2. The number of H-pyrrole nitrogens is 1. The van der Waals surface area contributed by atoms with Crippen molar-refractivity contribution in [2.45, 2.75) is 39.7 Å². The molecule has 0 amide bonds. The topological polar surface area (TPSA) is 90.7 Å². The Kier molecular flexibility index (Phi) is 7.55. The summed E-state index contributed by atoms with van der Waals surface area (Å²) in [6.07, 6.45) is 3.24. The molecule has 1 aromatic heterocycles. The van der Waals surface area contributed by atoms with Crippen LogP contribution in [0.3, 0.4) is 0 Å². The number of benzene rings is 1. The summed E-state index contributed by atoms with van der Waals surface area (Å²) in [6, 6.07) is 8.67. The number of aliphatic imine (C=N–C) groups is 1. The Hall–Kier alpha value is -2.67. The third kappa shape index (κ3) is 5.40. The van der Waals surface area contributed by atoms with Crippen molar-refractivity contribution in [2.24, 2.45) is 4.99 Å². The fraction of sp³-hybridized carbons (Fsp3) is 0.450. The summed E-state index contributed by atoms with van der Waals surface area (Å²) < 4.78 is 1.06. The molecule has 0 saturated heterocycles. The number of para-hydroxylation sites is 1. The molecule has 1 aromatic carbocycles. The number of nitrogens with zero attached hydrogens (tertiary/aromatic N) is 3. The maximum Gasteiger partial charge on any atom is 0.335 e. The molecule has 0 aliphatic rings. The van der Waals surface area contributed by atoms with E-state index < -0.39 is 17.1 Å². The van der Waals surface area contributed by atoms with Gasteiger partial charge in [0.1, 0.15) is 5.56 Å². The van der Waals surface area contributed by atoms with E-state index in [1.54, 1.807) is 30.3 Å². The first-order valence-corrected chi connectivity index (χ1v) is 9.37. The Morgan fingerprint density at radius 1 is 1.22 bits per heavy atom. The quantitative estimate of drug-likeness (QED) is 0.660. The molecule has 1 atom stereocenters. The van der Waals surface area contributed by atoms with Gasteiger partial charge >= 0.3 is 5.69 Å². The van der Waals surface area contributed by atoms with Crippen LogP contribution in [0.4, 0.5) is 0 Å². The van der Waals surface area contributed by atoms with Crippen LogP contribution in [0.2, 0.25) is 0 Å². The molecule has 2 rings (SSSR count). The summed E-state index contributed by atoms with van der Waals surface area (Å²) in [5, 5.41) is 10.5. The van der Waals surface area contributed by atoms with E-state index in [2.05, 4.69) is 28.7 Å². The van der Waals surface area contributed by atoms with Gasteiger partial charge in [-0.3, -0.25) is 14.8 Å². The van der Waals surface area contributed by atoms with Gasteiger partial charge in [-0.25, -0.2) is 9.36 Å². The summed E-state index contributed by atoms with van der Waals surface area (Å²) in [6.45, 7) is 9.31. The van der Waals surface area contributed by atoms with Gasteiger partial charge in [0, 0.05) is 12.3 Å². The van der Waals surface area contributed by atoms with E-state index in [0.29, 0.717) is 5.69 Å². The van der Waals surface area contributed by atoms with Gasteiger partial charge in [0.15, 0.2) is 0 Å². The largest absolute Gasteiger partial charge is 0.493 e. The minimum atomic E-state index is -0.687. The van der Waals surface area contributed by atoms with E-state index in [4.69, 9.17) is 0 Å². The van der Waals surface area contributed by atoms with Crippen molar-refractivity contribution in [1.82, 2.24) is 14.5 Å². The summed E-state index contributed by atoms with van der Waals surface area (Å²) in [5.74, 6) is -0.408. The number of hydrogen-bond acceptors (Lipinski definition) is 5. The second-order valence-corrected chi connectivity index (χ2v) is 6.46. The Morgan fingerprint density at radius 2 is 1.89 bits per heavy atom. The zero-order chi connectivity index (χ0) is 19.8.